The first-order valence-electron chi connectivity index (χ1n) is 5.54. The van der Waals surface area contributed by atoms with Crippen LogP contribution < -0.4 is 5.73 Å². The topological polar surface area (TPSA) is 53.1 Å². The Morgan fingerprint density at radius 3 is 3.00 bits per heavy atom. The number of rotatable bonds is 7. The first-order chi connectivity index (χ1) is 7.24. The van der Waals surface area contributed by atoms with Gasteiger partial charge in [-0.1, -0.05) is 6.92 Å². The van der Waals surface area contributed by atoms with Crippen molar-refractivity contribution in [1.29, 1.82) is 0 Å². The quantitative estimate of drug-likeness (QED) is 0.687. The molecular weight excluding hydrogens is 190 g/mol. The van der Waals surface area contributed by atoms with E-state index in [1.54, 1.807) is 0 Å². The highest BCUT2D eigenvalue weighted by atomic mass is 16.5. The van der Waals surface area contributed by atoms with E-state index in [-0.39, 0.29) is 6.04 Å². The lowest BCUT2D eigenvalue weighted by atomic mass is 10.1. The van der Waals surface area contributed by atoms with Crippen LogP contribution >= 0.6 is 0 Å². The van der Waals surface area contributed by atoms with Crippen LogP contribution in [0.5, 0.6) is 0 Å². The lowest BCUT2D eigenvalue weighted by molar-refractivity contribution is 0.119. The minimum Gasteiger partial charge on any atom is -0.380 e. The first kappa shape index (κ1) is 12.2. The van der Waals surface area contributed by atoms with Crippen molar-refractivity contribution in [2.45, 2.75) is 32.2 Å². The van der Waals surface area contributed by atoms with Gasteiger partial charge in [0.15, 0.2) is 0 Å². The van der Waals surface area contributed by atoms with Crippen molar-refractivity contribution < 1.29 is 4.74 Å². The Labute approximate surface area is 91.4 Å². The van der Waals surface area contributed by atoms with Crippen LogP contribution in [0.15, 0.2) is 12.3 Å². The molecule has 1 aromatic rings. The fourth-order valence-corrected chi connectivity index (χ4v) is 1.44. The normalized spacial score (nSPS) is 13.0. The van der Waals surface area contributed by atoms with Crippen molar-refractivity contribution in [2.24, 2.45) is 12.8 Å². The smallest absolute Gasteiger partial charge is 0.0617 e. The summed E-state index contributed by atoms with van der Waals surface area (Å²) in [6, 6.07) is 2.16. The third-order valence-electron chi connectivity index (χ3n) is 2.37. The Morgan fingerprint density at radius 1 is 1.60 bits per heavy atom. The summed E-state index contributed by atoms with van der Waals surface area (Å²) in [7, 11) is 1.95. The molecule has 1 unspecified atom stereocenters. The van der Waals surface area contributed by atoms with E-state index in [1.807, 2.05) is 24.0 Å². The summed E-state index contributed by atoms with van der Waals surface area (Å²) in [5.41, 5.74) is 7.15. The van der Waals surface area contributed by atoms with Gasteiger partial charge in [-0.25, -0.2) is 0 Å². The van der Waals surface area contributed by atoms with Crippen LogP contribution in [0.2, 0.25) is 0 Å². The monoisotopic (exact) mass is 211 g/mol. The number of ether oxygens (including phenoxy) is 1. The molecule has 1 aromatic heterocycles. The Bertz CT molecular complexity index is 273. The minimum atomic E-state index is 0.131. The van der Waals surface area contributed by atoms with Crippen molar-refractivity contribution >= 4 is 0 Å². The average Bonchev–Trinajstić information content (AvgIpc) is 2.61. The van der Waals surface area contributed by atoms with E-state index in [4.69, 9.17) is 10.5 Å². The zero-order chi connectivity index (χ0) is 11.1. The van der Waals surface area contributed by atoms with Crippen molar-refractivity contribution in [2.75, 3.05) is 13.2 Å². The molecule has 0 radical (unpaired) electrons. The number of aryl methyl sites for hydroxylation is 2. The van der Waals surface area contributed by atoms with Crippen LogP contribution in [0, 0.1) is 0 Å². The maximum absolute atomic E-state index is 5.93. The number of nitrogens with zero attached hydrogens (tertiary/aromatic N) is 2. The van der Waals surface area contributed by atoms with Gasteiger partial charge in [-0.05, 0) is 25.3 Å². The summed E-state index contributed by atoms with van der Waals surface area (Å²) in [5.74, 6) is 0. The van der Waals surface area contributed by atoms with Crippen molar-refractivity contribution in [3.63, 3.8) is 0 Å². The van der Waals surface area contributed by atoms with Crippen LogP contribution in [-0.4, -0.2) is 29.0 Å². The molecule has 4 nitrogen and oxygen atoms in total. The van der Waals surface area contributed by atoms with Gasteiger partial charge in [-0.3, -0.25) is 4.68 Å². The lowest BCUT2D eigenvalue weighted by Gasteiger charge is -2.11. The van der Waals surface area contributed by atoms with E-state index in [1.165, 1.54) is 5.69 Å². The summed E-state index contributed by atoms with van der Waals surface area (Å²) in [4.78, 5) is 0. The Kier molecular flexibility index (Phi) is 5.36. The SMILES string of the molecule is CCCOCC(N)CCc1ccnn1C. The highest BCUT2D eigenvalue weighted by Gasteiger charge is 2.05. The van der Waals surface area contributed by atoms with Gasteiger partial charge in [0.25, 0.3) is 0 Å². The predicted molar refractivity (Wildman–Crippen MR) is 60.6 cm³/mol. The number of hydrogen-bond acceptors (Lipinski definition) is 3. The van der Waals surface area contributed by atoms with Gasteiger partial charge in [0.1, 0.15) is 0 Å². The van der Waals surface area contributed by atoms with Gasteiger partial charge < -0.3 is 10.5 Å². The zero-order valence-electron chi connectivity index (χ0n) is 9.65. The predicted octanol–water partition coefficient (Wildman–Crippen LogP) is 1.11. The zero-order valence-corrected chi connectivity index (χ0v) is 9.65. The molecular formula is C11H21N3O. The standard InChI is InChI=1S/C11H21N3O/c1-3-8-15-9-10(12)4-5-11-6-7-13-14(11)2/h6-7,10H,3-5,8-9,12H2,1-2H3. The molecule has 0 aliphatic heterocycles. The largest absolute Gasteiger partial charge is 0.380 e. The molecule has 1 heterocycles. The van der Waals surface area contributed by atoms with Gasteiger partial charge in [0.05, 0.1) is 6.61 Å². The van der Waals surface area contributed by atoms with Crippen molar-refractivity contribution in [3.05, 3.63) is 18.0 Å². The molecule has 0 bridgehead atoms. The molecule has 0 amide bonds. The Morgan fingerprint density at radius 2 is 2.40 bits per heavy atom. The van der Waals surface area contributed by atoms with Gasteiger partial charge in [-0.2, -0.15) is 5.10 Å². The molecule has 2 N–H and O–H groups in total. The second-order valence-electron chi connectivity index (χ2n) is 3.82. The van der Waals surface area contributed by atoms with E-state index in [0.717, 1.165) is 25.9 Å². The molecule has 86 valence electrons. The second-order valence-corrected chi connectivity index (χ2v) is 3.82. The van der Waals surface area contributed by atoms with Crippen molar-refractivity contribution in [1.82, 2.24) is 9.78 Å². The minimum absolute atomic E-state index is 0.131. The highest BCUT2D eigenvalue weighted by molar-refractivity contribution is 5.00. The molecule has 0 spiro atoms. The van der Waals surface area contributed by atoms with Gasteiger partial charge >= 0.3 is 0 Å². The maximum atomic E-state index is 5.93. The van der Waals surface area contributed by atoms with E-state index in [0.29, 0.717) is 6.61 Å². The average molecular weight is 211 g/mol. The third kappa shape index (κ3) is 4.44. The summed E-state index contributed by atoms with van der Waals surface area (Å²) >= 11 is 0. The van der Waals surface area contributed by atoms with Crippen LogP contribution in [0.1, 0.15) is 25.5 Å². The van der Waals surface area contributed by atoms with Crippen LogP contribution in [0.3, 0.4) is 0 Å². The molecule has 0 saturated carbocycles. The molecule has 0 aliphatic carbocycles. The van der Waals surface area contributed by atoms with E-state index >= 15 is 0 Å². The summed E-state index contributed by atoms with van der Waals surface area (Å²) < 4.78 is 7.29. The summed E-state index contributed by atoms with van der Waals surface area (Å²) in [6.45, 7) is 3.56. The highest BCUT2D eigenvalue weighted by Crippen LogP contribution is 2.03. The summed E-state index contributed by atoms with van der Waals surface area (Å²) in [6.07, 6.45) is 4.78. The van der Waals surface area contributed by atoms with E-state index in [9.17, 15) is 0 Å². The lowest BCUT2D eigenvalue weighted by Crippen LogP contribution is -2.27. The van der Waals surface area contributed by atoms with Gasteiger partial charge in [0, 0.05) is 31.6 Å². The van der Waals surface area contributed by atoms with Crippen LogP contribution in [0.4, 0.5) is 0 Å². The fraction of sp³-hybridized carbons (Fsp3) is 0.727. The molecule has 0 aromatic carbocycles. The number of nitrogens with two attached hydrogens (primary N) is 1. The summed E-state index contributed by atoms with van der Waals surface area (Å²) in [5, 5.41) is 4.11. The Hall–Kier alpha value is -0.870. The molecule has 1 rings (SSSR count). The fourth-order valence-electron chi connectivity index (χ4n) is 1.44. The van der Waals surface area contributed by atoms with E-state index < -0.39 is 0 Å². The Balaban J connectivity index is 2.16. The second kappa shape index (κ2) is 6.58. The third-order valence-corrected chi connectivity index (χ3v) is 2.37. The van der Waals surface area contributed by atoms with Gasteiger partial charge in [-0.15, -0.1) is 0 Å². The van der Waals surface area contributed by atoms with Crippen LogP contribution in [-0.2, 0) is 18.2 Å². The van der Waals surface area contributed by atoms with Crippen LogP contribution in [0.25, 0.3) is 0 Å². The molecule has 0 fully saturated rings. The maximum Gasteiger partial charge on any atom is 0.0617 e. The van der Waals surface area contributed by atoms with Crippen molar-refractivity contribution in [3.8, 4) is 0 Å². The molecule has 15 heavy (non-hydrogen) atoms. The molecule has 4 heteroatoms. The molecule has 0 saturated heterocycles. The first-order valence-corrected chi connectivity index (χ1v) is 5.54. The molecule has 1 atom stereocenters. The van der Waals surface area contributed by atoms with Gasteiger partial charge in [0.2, 0.25) is 0 Å². The van der Waals surface area contributed by atoms with E-state index in [2.05, 4.69) is 12.0 Å². The molecule has 0 aliphatic rings. The number of hydrogen-bond donors (Lipinski definition) is 1. The number of aromatic nitrogens is 2.